The topological polar surface area (TPSA) is 107 Å². The van der Waals surface area contributed by atoms with Gasteiger partial charge in [-0.1, -0.05) is 35.6 Å². The maximum absolute atomic E-state index is 13.3. The molecule has 30 heavy (non-hydrogen) atoms. The fraction of sp³-hybridized carbons (Fsp3) is 0.0476. The molecule has 9 heteroatoms. The number of thiazole rings is 1. The molecule has 3 N–H and O–H groups in total. The van der Waals surface area contributed by atoms with Gasteiger partial charge in [-0.25, -0.2) is 14.4 Å². The Balaban J connectivity index is 1.60. The third kappa shape index (κ3) is 3.96. The zero-order chi connectivity index (χ0) is 21.3. The van der Waals surface area contributed by atoms with E-state index in [9.17, 15) is 14.0 Å². The molecule has 0 atom stereocenters. The highest BCUT2D eigenvalue weighted by Gasteiger charge is 2.18. The van der Waals surface area contributed by atoms with Crippen LogP contribution in [-0.2, 0) is 0 Å². The molecule has 0 bridgehead atoms. The standard InChI is InChI=1S/C21H15FN4O3S/c1-11-20(30-21(24-11)29-13-6-4-5-12(22)9-13)26-19(28)17-10-15(18(23)27)14-7-2-3-8-16(14)25-17/h2-10H,1H3,(H2,23,27)(H,26,28). The molecule has 4 rings (SSSR count). The van der Waals surface area contributed by atoms with E-state index in [4.69, 9.17) is 10.5 Å². The number of nitrogens with two attached hydrogens (primary N) is 1. The summed E-state index contributed by atoms with van der Waals surface area (Å²) in [7, 11) is 0. The molecule has 0 fully saturated rings. The van der Waals surface area contributed by atoms with E-state index >= 15 is 0 Å². The van der Waals surface area contributed by atoms with Crippen molar-refractivity contribution in [3.8, 4) is 10.9 Å². The molecule has 0 radical (unpaired) electrons. The van der Waals surface area contributed by atoms with Crippen LogP contribution >= 0.6 is 11.3 Å². The lowest BCUT2D eigenvalue weighted by atomic mass is 10.1. The summed E-state index contributed by atoms with van der Waals surface area (Å²) in [6.45, 7) is 1.70. The van der Waals surface area contributed by atoms with Crippen molar-refractivity contribution in [2.24, 2.45) is 5.73 Å². The minimum atomic E-state index is -0.651. The fourth-order valence-corrected chi connectivity index (χ4v) is 3.66. The molecule has 7 nitrogen and oxygen atoms in total. The Kier molecular flexibility index (Phi) is 5.11. The van der Waals surface area contributed by atoms with Crippen molar-refractivity contribution >= 4 is 39.1 Å². The van der Waals surface area contributed by atoms with Crippen molar-refractivity contribution in [3.63, 3.8) is 0 Å². The summed E-state index contributed by atoms with van der Waals surface area (Å²) in [4.78, 5) is 33.1. The molecule has 0 saturated heterocycles. The number of para-hydroxylation sites is 1. The normalized spacial score (nSPS) is 10.7. The molecule has 2 heterocycles. The van der Waals surface area contributed by atoms with Crippen LogP contribution in [0.25, 0.3) is 10.9 Å². The Morgan fingerprint density at radius 2 is 1.90 bits per heavy atom. The van der Waals surface area contributed by atoms with Gasteiger partial charge in [0.1, 0.15) is 22.3 Å². The van der Waals surface area contributed by atoms with E-state index in [0.29, 0.717) is 27.3 Å². The summed E-state index contributed by atoms with van der Waals surface area (Å²) in [6.07, 6.45) is 0. The molecule has 2 aromatic carbocycles. The molecule has 0 spiro atoms. The van der Waals surface area contributed by atoms with Gasteiger partial charge in [0.15, 0.2) is 0 Å². The van der Waals surface area contributed by atoms with Gasteiger partial charge in [0.05, 0.1) is 16.8 Å². The van der Waals surface area contributed by atoms with Gasteiger partial charge < -0.3 is 15.8 Å². The van der Waals surface area contributed by atoms with E-state index in [0.717, 1.165) is 11.3 Å². The number of primary amides is 1. The summed E-state index contributed by atoms with van der Waals surface area (Å²) >= 11 is 1.09. The van der Waals surface area contributed by atoms with Crippen LogP contribution in [0.15, 0.2) is 54.6 Å². The van der Waals surface area contributed by atoms with Crippen molar-refractivity contribution in [1.82, 2.24) is 9.97 Å². The highest BCUT2D eigenvalue weighted by atomic mass is 32.1. The first kappa shape index (κ1) is 19.5. The number of carbonyl (C=O) groups excluding carboxylic acids is 2. The Morgan fingerprint density at radius 1 is 1.10 bits per heavy atom. The van der Waals surface area contributed by atoms with Gasteiger partial charge in [0.2, 0.25) is 5.91 Å². The van der Waals surface area contributed by atoms with E-state index in [1.165, 1.54) is 24.3 Å². The van der Waals surface area contributed by atoms with Crippen LogP contribution in [0.1, 0.15) is 26.5 Å². The largest absolute Gasteiger partial charge is 0.431 e. The number of hydrogen-bond acceptors (Lipinski definition) is 6. The van der Waals surface area contributed by atoms with E-state index in [2.05, 4.69) is 15.3 Å². The number of benzene rings is 2. The smallest absolute Gasteiger partial charge is 0.280 e. The third-order valence-electron chi connectivity index (χ3n) is 4.22. The number of aromatic nitrogens is 2. The molecule has 0 aliphatic rings. The van der Waals surface area contributed by atoms with Gasteiger partial charge in [0.25, 0.3) is 11.1 Å². The number of ether oxygens (including phenoxy) is 1. The SMILES string of the molecule is Cc1nc(Oc2cccc(F)c2)sc1NC(=O)c1cc(C(N)=O)c2ccccc2n1. The molecule has 150 valence electrons. The number of fused-ring (bicyclic) bond motifs is 1. The van der Waals surface area contributed by atoms with Crippen molar-refractivity contribution in [3.05, 3.63) is 77.4 Å². The number of nitrogens with zero attached hydrogens (tertiary/aromatic N) is 2. The maximum Gasteiger partial charge on any atom is 0.280 e. The van der Waals surface area contributed by atoms with Crippen LogP contribution in [0.3, 0.4) is 0 Å². The summed E-state index contributed by atoms with van der Waals surface area (Å²) in [5, 5.41) is 3.99. The number of rotatable bonds is 5. The molecule has 0 unspecified atom stereocenters. The van der Waals surface area contributed by atoms with Gasteiger partial charge in [-0.2, -0.15) is 0 Å². The quantitative estimate of drug-likeness (QED) is 0.499. The van der Waals surface area contributed by atoms with Gasteiger partial charge >= 0.3 is 0 Å². The van der Waals surface area contributed by atoms with E-state index in [1.54, 1.807) is 37.3 Å². The monoisotopic (exact) mass is 422 g/mol. The average Bonchev–Trinajstić information content (AvgIpc) is 3.05. The number of nitrogens with one attached hydrogen (secondary N) is 1. The Bertz CT molecular complexity index is 1290. The fourth-order valence-electron chi connectivity index (χ4n) is 2.83. The van der Waals surface area contributed by atoms with Gasteiger partial charge in [-0.15, -0.1) is 0 Å². The van der Waals surface area contributed by atoms with Crippen LogP contribution in [0.5, 0.6) is 10.9 Å². The number of hydrogen-bond donors (Lipinski definition) is 2. The van der Waals surface area contributed by atoms with E-state index in [-0.39, 0.29) is 16.5 Å². The summed E-state index contributed by atoms with van der Waals surface area (Å²) < 4.78 is 18.9. The average molecular weight is 422 g/mol. The number of halogens is 1. The highest BCUT2D eigenvalue weighted by Crippen LogP contribution is 2.33. The van der Waals surface area contributed by atoms with Crippen molar-refractivity contribution < 1.29 is 18.7 Å². The number of carbonyl (C=O) groups is 2. The van der Waals surface area contributed by atoms with Crippen LogP contribution in [0.2, 0.25) is 0 Å². The number of pyridine rings is 1. The molecular weight excluding hydrogens is 407 g/mol. The van der Waals surface area contributed by atoms with E-state index in [1.807, 2.05) is 0 Å². The van der Waals surface area contributed by atoms with E-state index < -0.39 is 17.6 Å². The molecule has 2 amide bonds. The van der Waals surface area contributed by atoms with Crippen LogP contribution in [0, 0.1) is 12.7 Å². The minimum Gasteiger partial charge on any atom is -0.431 e. The predicted octanol–water partition coefficient (Wildman–Crippen LogP) is 4.28. The first-order valence-electron chi connectivity index (χ1n) is 8.82. The predicted molar refractivity (Wildman–Crippen MR) is 112 cm³/mol. The second-order valence-electron chi connectivity index (χ2n) is 6.34. The molecule has 0 aliphatic carbocycles. The summed E-state index contributed by atoms with van der Waals surface area (Å²) in [6, 6.07) is 14.0. The van der Waals surface area contributed by atoms with Crippen molar-refractivity contribution in [2.75, 3.05) is 5.32 Å². The Hall–Kier alpha value is -3.85. The second-order valence-corrected chi connectivity index (χ2v) is 7.31. The lowest BCUT2D eigenvalue weighted by molar-refractivity contribution is 0.100. The first-order chi connectivity index (χ1) is 14.4. The van der Waals surface area contributed by atoms with Crippen LogP contribution < -0.4 is 15.8 Å². The zero-order valence-electron chi connectivity index (χ0n) is 15.7. The summed E-state index contributed by atoms with van der Waals surface area (Å²) in [5.41, 5.74) is 6.72. The lowest BCUT2D eigenvalue weighted by Gasteiger charge is -2.07. The number of amides is 2. The number of aryl methyl sites for hydroxylation is 1. The molecule has 2 aromatic heterocycles. The van der Waals surface area contributed by atoms with Gasteiger partial charge in [0, 0.05) is 11.5 Å². The van der Waals surface area contributed by atoms with Crippen LogP contribution in [0.4, 0.5) is 9.39 Å². The zero-order valence-corrected chi connectivity index (χ0v) is 16.5. The summed E-state index contributed by atoms with van der Waals surface area (Å²) in [5.74, 6) is -1.31. The van der Waals surface area contributed by atoms with Gasteiger partial charge in [-0.3, -0.25) is 9.59 Å². The second kappa shape index (κ2) is 7.88. The number of anilines is 1. The minimum absolute atomic E-state index is 0.0444. The molecular formula is C21H15FN4O3S. The molecule has 0 saturated carbocycles. The van der Waals surface area contributed by atoms with Gasteiger partial charge in [-0.05, 0) is 31.2 Å². The Labute approximate surface area is 174 Å². The van der Waals surface area contributed by atoms with Crippen molar-refractivity contribution in [1.29, 1.82) is 0 Å². The lowest BCUT2D eigenvalue weighted by Crippen LogP contribution is -2.17. The van der Waals surface area contributed by atoms with Crippen LogP contribution in [-0.4, -0.2) is 21.8 Å². The molecule has 0 aliphatic heterocycles. The highest BCUT2D eigenvalue weighted by molar-refractivity contribution is 7.17. The first-order valence-corrected chi connectivity index (χ1v) is 9.64. The Morgan fingerprint density at radius 3 is 2.67 bits per heavy atom. The van der Waals surface area contributed by atoms with Crippen molar-refractivity contribution in [2.45, 2.75) is 6.92 Å². The maximum atomic E-state index is 13.3. The third-order valence-corrected chi connectivity index (χ3v) is 5.17. The molecule has 4 aromatic rings.